The topological polar surface area (TPSA) is 18.1 Å². The molecule has 0 aromatic heterocycles. The molecule has 2 aromatic rings. The third-order valence-electron chi connectivity index (χ3n) is 5.95. The highest BCUT2D eigenvalue weighted by atomic mass is 16.5. The predicted molar refractivity (Wildman–Crippen MR) is 109 cm³/mol. The maximum absolute atomic E-state index is 5.99. The van der Waals surface area contributed by atoms with Crippen LogP contribution in [0, 0.1) is 5.92 Å². The van der Waals surface area contributed by atoms with Crippen molar-refractivity contribution in [2.75, 3.05) is 32.7 Å². The molecular weight excluding hydrogens is 332 g/mol. The molecule has 0 bridgehead atoms. The minimum absolute atomic E-state index is 0.900. The molecule has 0 radical (unpaired) electrons. The molecule has 1 fully saturated rings. The quantitative estimate of drug-likeness (QED) is 0.752. The van der Waals surface area contributed by atoms with Crippen molar-refractivity contribution in [3.63, 3.8) is 0 Å². The van der Waals surface area contributed by atoms with E-state index in [1.54, 1.807) is 4.90 Å². The maximum Gasteiger partial charge on any atom is 0.127 e. The normalized spacial score (nSPS) is 25.3. The van der Waals surface area contributed by atoms with E-state index in [1.165, 1.54) is 57.5 Å². The number of hydrogen-bond acceptors (Lipinski definition) is 1. The molecule has 0 amide bonds. The molecule has 1 aliphatic carbocycles. The van der Waals surface area contributed by atoms with Crippen LogP contribution < -0.4 is 14.5 Å². The van der Waals surface area contributed by atoms with Crippen LogP contribution in [0.2, 0.25) is 0 Å². The zero-order valence-electron chi connectivity index (χ0n) is 16.2. The van der Waals surface area contributed by atoms with Gasteiger partial charge < -0.3 is 14.5 Å². The number of quaternary nitrogens is 2. The fraction of sp³-hybridized carbons (Fsp3) is 0.417. The van der Waals surface area contributed by atoms with E-state index in [9.17, 15) is 0 Å². The average molecular weight is 365 g/mol. The number of hydrogen-bond donors (Lipinski definition) is 2. The third-order valence-corrected chi connectivity index (χ3v) is 5.95. The van der Waals surface area contributed by atoms with Crippen LogP contribution in [0.1, 0.15) is 24.8 Å². The van der Waals surface area contributed by atoms with Crippen molar-refractivity contribution in [1.29, 1.82) is 0 Å². The van der Waals surface area contributed by atoms with Crippen molar-refractivity contribution in [1.82, 2.24) is 0 Å². The maximum atomic E-state index is 5.99. The molecule has 1 saturated heterocycles. The second kappa shape index (κ2) is 9.20. The Morgan fingerprint density at radius 1 is 0.815 bits per heavy atom. The van der Waals surface area contributed by atoms with Gasteiger partial charge in [0.15, 0.2) is 0 Å². The van der Waals surface area contributed by atoms with Crippen LogP contribution >= 0.6 is 0 Å². The largest absolute Gasteiger partial charge is 0.457 e. The summed E-state index contributed by atoms with van der Waals surface area (Å²) in [5.74, 6) is 2.75. The van der Waals surface area contributed by atoms with Gasteiger partial charge in [0.2, 0.25) is 0 Å². The van der Waals surface area contributed by atoms with Crippen molar-refractivity contribution < 1.29 is 14.5 Å². The van der Waals surface area contributed by atoms with Gasteiger partial charge in [-0.2, -0.15) is 0 Å². The minimum atomic E-state index is 0.900. The lowest BCUT2D eigenvalue weighted by Gasteiger charge is -2.32. The average Bonchev–Trinajstić information content (AvgIpc) is 2.71. The predicted octanol–water partition coefficient (Wildman–Crippen LogP) is 2.12. The summed E-state index contributed by atoms with van der Waals surface area (Å²) < 4.78 is 5.99. The Kier molecular flexibility index (Phi) is 6.23. The summed E-state index contributed by atoms with van der Waals surface area (Å²) in [4.78, 5) is 3.53. The SMILES string of the molecule is C1=CC[C@@H](C[NH+]2CC[NH+](Cc3cccc(Oc4ccccc4)c3)CC2)CC1. The number of rotatable bonds is 6. The first-order chi connectivity index (χ1) is 13.3. The van der Waals surface area contributed by atoms with Crippen molar-refractivity contribution in [2.45, 2.75) is 25.8 Å². The monoisotopic (exact) mass is 364 g/mol. The van der Waals surface area contributed by atoms with Crippen molar-refractivity contribution in [3.05, 3.63) is 72.3 Å². The highest BCUT2D eigenvalue weighted by Crippen LogP contribution is 2.21. The number of nitrogens with one attached hydrogen (secondary N) is 2. The summed E-state index contributed by atoms with van der Waals surface area (Å²) in [6.45, 7) is 7.66. The number of piperazine rings is 1. The van der Waals surface area contributed by atoms with Gasteiger partial charge in [0.05, 0.1) is 6.54 Å². The Bertz CT molecular complexity index is 735. The smallest absolute Gasteiger partial charge is 0.127 e. The highest BCUT2D eigenvalue weighted by Gasteiger charge is 2.25. The zero-order chi connectivity index (χ0) is 18.3. The van der Waals surface area contributed by atoms with Gasteiger partial charge in [-0.25, -0.2) is 0 Å². The lowest BCUT2D eigenvalue weighted by molar-refractivity contribution is -1.02. The Balaban J connectivity index is 1.26. The lowest BCUT2D eigenvalue weighted by Crippen LogP contribution is -3.27. The summed E-state index contributed by atoms with van der Waals surface area (Å²) in [6, 6.07) is 18.6. The van der Waals surface area contributed by atoms with E-state index in [-0.39, 0.29) is 0 Å². The fourth-order valence-electron chi connectivity index (χ4n) is 4.42. The van der Waals surface area contributed by atoms with Gasteiger partial charge in [0, 0.05) is 11.5 Å². The Hall–Kier alpha value is -2.10. The second-order valence-corrected chi connectivity index (χ2v) is 8.09. The Morgan fingerprint density at radius 3 is 2.37 bits per heavy atom. The van der Waals surface area contributed by atoms with Crippen molar-refractivity contribution in [3.8, 4) is 11.5 Å². The van der Waals surface area contributed by atoms with Crippen molar-refractivity contribution in [2.24, 2.45) is 5.92 Å². The molecule has 27 heavy (non-hydrogen) atoms. The second-order valence-electron chi connectivity index (χ2n) is 8.09. The lowest BCUT2D eigenvalue weighted by atomic mass is 9.94. The Labute approximate surface area is 163 Å². The first kappa shape index (κ1) is 18.3. The summed E-state index contributed by atoms with van der Waals surface area (Å²) in [6.07, 6.45) is 8.72. The van der Waals surface area contributed by atoms with Gasteiger partial charge in [-0.15, -0.1) is 0 Å². The molecule has 2 aromatic carbocycles. The molecular formula is C24H32N2O+2. The fourth-order valence-corrected chi connectivity index (χ4v) is 4.42. The van der Waals surface area contributed by atoms with Crippen molar-refractivity contribution >= 4 is 0 Å². The molecule has 1 atom stereocenters. The van der Waals surface area contributed by atoms with Crippen LogP contribution in [0.5, 0.6) is 11.5 Å². The van der Waals surface area contributed by atoms with E-state index in [2.05, 4.69) is 30.4 Å². The first-order valence-corrected chi connectivity index (χ1v) is 10.5. The van der Waals surface area contributed by atoms with Crippen LogP contribution in [0.4, 0.5) is 0 Å². The van der Waals surface area contributed by atoms with E-state index >= 15 is 0 Å². The molecule has 0 spiro atoms. The molecule has 1 aliphatic heterocycles. The molecule has 142 valence electrons. The van der Waals surface area contributed by atoms with Gasteiger partial charge in [0.25, 0.3) is 0 Å². The van der Waals surface area contributed by atoms with Gasteiger partial charge in [0.1, 0.15) is 44.2 Å². The van der Waals surface area contributed by atoms with E-state index in [4.69, 9.17) is 4.74 Å². The van der Waals surface area contributed by atoms with Crippen LogP contribution in [0.15, 0.2) is 66.7 Å². The van der Waals surface area contributed by atoms with E-state index in [0.29, 0.717) is 0 Å². The van der Waals surface area contributed by atoms with Gasteiger partial charge in [-0.05, 0) is 43.5 Å². The molecule has 4 rings (SSSR count). The highest BCUT2D eigenvalue weighted by molar-refractivity contribution is 5.33. The van der Waals surface area contributed by atoms with Crippen LogP contribution in [-0.2, 0) is 6.54 Å². The molecule has 2 N–H and O–H groups in total. The summed E-state index contributed by atoms with van der Waals surface area (Å²) in [7, 11) is 0. The molecule has 1 heterocycles. The third kappa shape index (κ3) is 5.44. The summed E-state index contributed by atoms with van der Waals surface area (Å²) >= 11 is 0. The first-order valence-electron chi connectivity index (χ1n) is 10.5. The van der Waals surface area contributed by atoms with Crippen LogP contribution in [-0.4, -0.2) is 32.7 Å². The summed E-state index contributed by atoms with van der Waals surface area (Å²) in [5.41, 5.74) is 1.37. The molecule has 3 heteroatoms. The number of benzene rings is 2. The van der Waals surface area contributed by atoms with Crippen LogP contribution in [0.25, 0.3) is 0 Å². The van der Waals surface area contributed by atoms with Gasteiger partial charge in [-0.1, -0.05) is 42.5 Å². The van der Waals surface area contributed by atoms with E-state index in [1.807, 2.05) is 41.3 Å². The number of allylic oxidation sites excluding steroid dienone is 2. The van der Waals surface area contributed by atoms with Gasteiger partial charge in [-0.3, -0.25) is 0 Å². The van der Waals surface area contributed by atoms with Gasteiger partial charge >= 0.3 is 0 Å². The standard InChI is InChI=1S/C24H30N2O/c1-3-8-21(9-4-1)19-25-14-16-26(17-15-25)20-22-10-7-13-24(18-22)27-23-11-5-2-6-12-23/h1-3,5-7,10-13,18,21H,4,8-9,14-17,19-20H2/p+2/t21-/m1/s1. The molecule has 2 aliphatic rings. The summed E-state index contributed by atoms with van der Waals surface area (Å²) in [5, 5.41) is 0. The number of para-hydroxylation sites is 1. The van der Waals surface area contributed by atoms with E-state index in [0.717, 1.165) is 24.0 Å². The van der Waals surface area contributed by atoms with E-state index < -0.39 is 0 Å². The molecule has 0 unspecified atom stereocenters. The minimum Gasteiger partial charge on any atom is -0.457 e. The zero-order valence-corrected chi connectivity index (χ0v) is 16.2. The molecule has 0 saturated carbocycles. The van der Waals surface area contributed by atoms with Crippen LogP contribution in [0.3, 0.4) is 0 Å². The Morgan fingerprint density at radius 2 is 1.59 bits per heavy atom. The molecule has 3 nitrogen and oxygen atoms in total. The number of ether oxygens (including phenoxy) is 1.